The van der Waals surface area contributed by atoms with Crippen LogP contribution in [0.5, 0.6) is 0 Å². The van der Waals surface area contributed by atoms with Crippen molar-refractivity contribution in [2.24, 2.45) is 5.73 Å². The third kappa shape index (κ3) is 3.30. The number of carbonyl (C=O) groups is 1. The van der Waals surface area contributed by atoms with E-state index >= 15 is 0 Å². The zero-order valence-electron chi connectivity index (χ0n) is 12.6. The molecule has 120 valence electrons. The van der Waals surface area contributed by atoms with Gasteiger partial charge in [0, 0.05) is 29.5 Å². The van der Waals surface area contributed by atoms with Gasteiger partial charge in [-0.05, 0) is 35.4 Å². The molecule has 1 heterocycles. The molecule has 7 heteroatoms. The number of aromatic nitrogens is 2. The Bertz CT molecular complexity index is 900. The summed E-state index contributed by atoms with van der Waals surface area (Å²) in [6, 6.07) is 13.4. The van der Waals surface area contributed by atoms with E-state index in [-0.39, 0.29) is 5.69 Å². The summed E-state index contributed by atoms with van der Waals surface area (Å²) >= 11 is 0. The number of hydrogen-bond acceptors (Lipinski definition) is 4. The van der Waals surface area contributed by atoms with Crippen LogP contribution in [0.2, 0.25) is 0 Å². The SMILES string of the molecule is NC(=O)c1cccc(Cn2cc(-c3ccc([N+](=O)[O-])cc3)cn2)c1. The first-order valence-electron chi connectivity index (χ1n) is 7.19. The van der Waals surface area contributed by atoms with Gasteiger partial charge < -0.3 is 5.73 Å². The van der Waals surface area contributed by atoms with E-state index in [9.17, 15) is 14.9 Å². The molecule has 2 aromatic carbocycles. The van der Waals surface area contributed by atoms with Gasteiger partial charge in [-0.3, -0.25) is 19.6 Å². The fourth-order valence-electron chi connectivity index (χ4n) is 2.38. The second-order valence-corrected chi connectivity index (χ2v) is 5.30. The zero-order valence-corrected chi connectivity index (χ0v) is 12.6. The topological polar surface area (TPSA) is 104 Å². The summed E-state index contributed by atoms with van der Waals surface area (Å²) in [5.41, 5.74) is 8.39. The van der Waals surface area contributed by atoms with Gasteiger partial charge in [-0.1, -0.05) is 12.1 Å². The molecule has 0 fully saturated rings. The van der Waals surface area contributed by atoms with E-state index in [4.69, 9.17) is 5.73 Å². The molecule has 0 aliphatic rings. The van der Waals surface area contributed by atoms with Gasteiger partial charge in [0.25, 0.3) is 5.69 Å². The number of non-ortho nitro benzene ring substituents is 1. The molecule has 0 aliphatic carbocycles. The predicted octanol–water partition coefficient (Wildman–Crippen LogP) is 2.61. The van der Waals surface area contributed by atoms with Crippen LogP contribution < -0.4 is 5.73 Å². The summed E-state index contributed by atoms with van der Waals surface area (Å²) in [6.45, 7) is 0.494. The first-order valence-corrected chi connectivity index (χ1v) is 7.19. The Morgan fingerprint density at radius 2 is 1.92 bits per heavy atom. The first kappa shape index (κ1) is 15.4. The quantitative estimate of drug-likeness (QED) is 0.576. The number of carbonyl (C=O) groups excluding carboxylic acids is 1. The Morgan fingerprint density at radius 1 is 1.17 bits per heavy atom. The van der Waals surface area contributed by atoms with Crippen LogP contribution in [0, 0.1) is 10.1 Å². The zero-order chi connectivity index (χ0) is 17.1. The van der Waals surface area contributed by atoms with E-state index in [0.717, 1.165) is 16.7 Å². The lowest BCUT2D eigenvalue weighted by atomic mass is 10.1. The van der Waals surface area contributed by atoms with E-state index in [1.165, 1.54) is 12.1 Å². The predicted molar refractivity (Wildman–Crippen MR) is 88.4 cm³/mol. The van der Waals surface area contributed by atoms with Crippen LogP contribution in [0.4, 0.5) is 5.69 Å². The molecule has 0 aliphatic heterocycles. The second kappa shape index (κ2) is 6.33. The summed E-state index contributed by atoms with van der Waals surface area (Å²) < 4.78 is 1.73. The van der Waals surface area contributed by atoms with Crippen LogP contribution in [0.1, 0.15) is 15.9 Å². The van der Waals surface area contributed by atoms with Gasteiger partial charge >= 0.3 is 0 Å². The third-order valence-electron chi connectivity index (χ3n) is 3.60. The lowest BCUT2D eigenvalue weighted by Crippen LogP contribution is -2.11. The van der Waals surface area contributed by atoms with Crippen molar-refractivity contribution in [2.45, 2.75) is 6.54 Å². The Morgan fingerprint density at radius 3 is 2.58 bits per heavy atom. The van der Waals surface area contributed by atoms with Gasteiger partial charge in [-0.15, -0.1) is 0 Å². The summed E-state index contributed by atoms with van der Waals surface area (Å²) in [5.74, 6) is -0.469. The number of amides is 1. The highest BCUT2D eigenvalue weighted by atomic mass is 16.6. The minimum atomic E-state index is -0.469. The molecular weight excluding hydrogens is 308 g/mol. The molecule has 0 bridgehead atoms. The fraction of sp³-hybridized carbons (Fsp3) is 0.0588. The minimum Gasteiger partial charge on any atom is -0.366 e. The summed E-state index contributed by atoms with van der Waals surface area (Å²) in [6.07, 6.45) is 3.54. The van der Waals surface area contributed by atoms with Crippen LogP contribution >= 0.6 is 0 Å². The first-order chi connectivity index (χ1) is 11.5. The van der Waals surface area contributed by atoms with Crippen LogP contribution in [0.25, 0.3) is 11.1 Å². The number of nitrogens with zero attached hydrogens (tertiary/aromatic N) is 3. The van der Waals surface area contributed by atoms with Gasteiger partial charge in [-0.25, -0.2) is 0 Å². The molecule has 3 rings (SSSR count). The molecule has 0 unspecified atom stereocenters. The third-order valence-corrected chi connectivity index (χ3v) is 3.60. The van der Waals surface area contributed by atoms with Crippen molar-refractivity contribution in [3.8, 4) is 11.1 Å². The Kier molecular flexibility index (Phi) is 4.07. The Hall–Kier alpha value is -3.48. The number of hydrogen-bond donors (Lipinski definition) is 1. The maximum absolute atomic E-state index is 11.2. The number of nitro groups is 1. The lowest BCUT2D eigenvalue weighted by molar-refractivity contribution is -0.384. The maximum atomic E-state index is 11.2. The van der Waals surface area contributed by atoms with Crippen molar-refractivity contribution in [1.29, 1.82) is 0 Å². The number of primary amides is 1. The molecular formula is C17H14N4O3. The summed E-state index contributed by atoms with van der Waals surface area (Å²) in [7, 11) is 0. The monoisotopic (exact) mass is 322 g/mol. The van der Waals surface area contributed by atoms with E-state index in [0.29, 0.717) is 12.1 Å². The number of nitro benzene ring substituents is 1. The normalized spacial score (nSPS) is 10.5. The summed E-state index contributed by atoms with van der Waals surface area (Å²) in [4.78, 5) is 21.5. The molecule has 24 heavy (non-hydrogen) atoms. The molecule has 0 spiro atoms. The molecule has 0 radical (unpaired) electrons. The number of rotatable bonds is 5. The van der Waals surface area contributed by atoms with Crippen molar-refractivity contribution in [2.75, 3.05) is 0 Å². The van der Waals surface area contributed by atoms with E-state index in [1.54, 1.807) is 41.2 Å². The van der Waals surface area contributed by atoms with Gasteiger partial charge in [0.05, 0.1) is 17.7 Å². The highest BCUT2D eigenvalue weighted by molar-refractivity contribution is 5.92. The van der Waals surface area contributed by atoms with Crippen LogP contribution in [-0.4, -0.2) is 20.6 Å². The molecule has 1 amide bonds. The Balaban J connectivity index is 1.79. The fourth-order valence-corrected chi connectivity index (χ4v) is 2.38. The summed E-state index contributed by atoms with van der Waals surface area (Å²) in [5, 5.41) is 15.0. The molecule has 0 saturated heterocycles. The largest absolute Gasteiger partial charge is 0.366 e. The Labute approximate surface area is 137 Å². The second-order valence-electron chi connectivity index (χ2n) is 5.30. The average Bonchev–Trinajstić information content (AvgIpc) is 3.03. The van der Waals surface area contributed by atoms with Crippen molar-refractivity contribution >= 4 is 11.6 Å². The lowest BCUT2D eigenvalue weighted by Gasteiger charge is -2.03. The smallest absolute Gasteiger partial charge is 0.269 e. The van der Waals surface area contributed by atoms with E-state index in [1.807, 2.05) is 12.3 Å². The van der Waals surface area contributed by atoms with E-state index in [2.05, 4.69) is 5.10 Å². The highest BCUT2D eigenvalue weighted by Crippen LogP contribution is 2.22. The van der Waals surface area contributed by atoms with Crippen molar-refractivity contribution in [3.63, 3.8) is 0 Å². The molecule has 1 aromatic heterocycles. The van der Waals surface area contributed by atoms with Crippen LogP contribution in [0.3, 0.4) is 0 Å². The van der Waals surface area contributed by atoms with Crippen LogP contribution in [0.15, 0.2) is 60.9 Å². The van der Waals surface area contributed by atoms with Crippen LogP contribution in [-0.2, 0) is 6.54 Å². The molecule has 7 nitrogen and oxygen atoms in total. The average molecular weight is 322 g/mol. The van der Waals surface area contributed by atoms with Gasteiger partial charge in [0.1, 0.15) is 0 Å². The highest BCUT2D eigenvalue weighted by Gasteiger charge is 2.08. The molecule has 2 N–H and O–H groups in total. The van der Waals surface area contributed by atoms with Gasteiger partial charge in [0.2, 0.25) is 5.91 Å². The van der Waals surface area contributed by atoms with Gasteiger partial charge in [0.15, 0.2) is 0 Å². The minimum absolute atomic E-state index is 0.0504. The van der Waals surface area contributed by atoms with E-state index < -0.39 is 10.8 Å². The van der Waals surface area contributed by atoms with Crippen molar-refractivity contribution in [3.05, 3.63) is 82.2 Å². The van der Waals surface area contributed by atoms with Gasteiger partial charge in [-0.2, -0.15) is 5.10 Å². The number of benzene rings is 2. The number of nitrogens with two attached hydrogens (primary N) is 1. The van der Waals surface area contributed by atoms with Crippen molar-refractivity contribution < 1.29 is 9.72 Å². The molecule has 0 saturated carbocycles. The molecule has 3 aromatic rings. The standard InChI is InChI=1S/C17H14N4O3/c18-17(22)14-3-1-2-12(8-14)10-20-11-15(9-19-20)13-4-6-16(7-5-13)21(23)24/h1-9,11H,10H2,(H2,18,22). The maximum Gasteiger partial charge on any atom is 0.269 e. The van der Waals surface area contributed by atoms with Crippen molar-refractivity contribution in [1.82, 2.24) is 9.78 Å². The molecule has 0 atom stereocenters.